The van der Waals surface area contributed by atoms with Crippen molar-refractivity contribution >= 4 is 41.6 Å². The molecule has 1 aromatic rings. The Morgan fingerprint density at radius 3 is 1.82 bits per heavy atom. The number of likely N-dealkylation sites (tertiary alicyclic amines) is 1. The fourth-order valence-corrected chi connectivity index (χ4v) is 6.98. The highest BCUT2D eigenvalue weighted by molar-refractivity contribution is 6.38. The van der Waals surface area contributed by atoms with Crippen LogP contribution in [0.3, 0.4) is 0 Å². The molecule has 2 fully saturated rings. The predicted octanol–water partition coefficient (Wildman–Crippen LogP) is 3.79. The van der Waals surface area contributed by atoms with Crippen molar-refractivity contribution in [2.75, 3.05) is 13.1 Å². The van der Waals surface area contributed by atoms with Crippen LogP contribution in [0.1, 0.15) is 102 Å². The minimum absolute atomic E-state index is 0.0999. The lowest BCUT2D eigenvalue weighted by Crippen LogP contribution is -2.76. The lowest BCUT2D eigenvalue weighted by atomic mass is 9.78. The Kier molecular flexibility index (Phi) is 13.5. The Balaban J connectivity index is 1.92. The van der Waals surface area contributed by atoms with Crippen molar-refractivity contribution in [3.05, 3.63) is 35.9 Å². The number of hydrogen-bond donors (Lipinski definition) is 5. The molecule has 1 heterocycles. The Morgan fingerprint density at radius 1 is 0.818 bits per heavy atom. The second-order valence-electron chi connectivity index (χ2n) is 18.6. The van der Waals surface area contributed by atoms with Crippen molar-refractivity contribution in [2.45, 2.75) is 132 Å². The second-order valence-corrected chi connectivity index (χ2v) is 18.6. The van der Waals surface area contributed by atoms with Gasteiger partial charge < -0.3 is 30.3 Å². The van der Waals surface area contributed by atoms with E-state index in [1.165, 1.54) is 4.90 Å². The van der Waals surface area contributed by atoms with Gasteiger partial charge in [-0.25, -0.2) is 9.59 Å². The number of nitrogens with zero attached hydrogens (tertiary/aromatic N) is 1. The molecule has 1 aromatic carbocycles. The monoisotopic (exact) mass is 770 g/mol. The molecule has 4 atom stereocenters. The standard InChI is InChI=1S/C40H62N6O9/c1-23(2)19-26(30(48)32(50)42-21-27(47)41-20-24-17-15-14-16-18-24)43-31(49)29-28-25(39(28,12)13)22-46(29)33(51)40(36(3,4)5,44-34(52)54-37(6,7)8)45-35(53)55-38(9,10)11/h14-18,23,25-26,28-29H,19-22H2,1-13H3,(H,41,47)(H,42,50)(H,43,49)(H,44,52)(H,45,53)/t25-,26?,28-,29-/m0/s1. The fourth-order valence-electron chi connectivity index (χ4n) is 6.98. The van der Waals surface area contributed by atoms with Crippen LogP contribution in [0.5, 0.6) is 0 Å². The summed E-state index contributed by atoms with van der Waals surface area (Å²) in [6, 6.07) is 6.78. The number of fused-ring (bicyclic) bond motifs is 1. The fraction of sp³-hybridized carbons (Fsp3) is 0.675. The largest absolute Gasteiger partial charge is 0.444 e. The molecule has 0 spiro atoms. The molecule has 2 aliphatic rings. The number of amides is 6. The second kappa shape index (κ2) is 16.6. The van der Waals surface area contributed by atoms with Crippen molar-refractivity contribution in [3.63, 3.8) is 0 Å². The summed E-state index contributed by atoms with van der Waals surface area (Å²) in [4.78, 5) is 96.7. The average molecular weight is 771 g/mol. The van der Waals surface area contributed by atoms with Crippen LogP contribution in [0, 0.1) is 28.6 Å². The minimum Gasteiger partial charge on any atom is -0.444 e. The van der Waals surface area contributed by atoms with Crippen LogP contribution in [0.2, 0.25) is 0 Å². The number of nitrogens with one attached hydrogen (secondary N) is 5. The number of ether oxygens (including phenoxy) is 2. The van der Waals surface area contributed by atoms with Crippen LogP contribution >= 0.6 is 0 Å². The Bertz CT molecular complexity index is 1590. The first-order valence-electron chi connectivity index (χ1n) is 18.9. The summed E-state index contributed by atoms with van der Waals surface area (Å²) in [5.41, 5.74) is -4.81. The first kappa shape index (κ1) is 44.7. The molecule has 55 heavy (non-hydrogen) atoms. The van der Waals surface area contributed by atoms with Crippen LogP contribution < -0.4 is 26.6 Å². The molecule has 5 N–H and O–H groups in total. The zero-order valence-electron chi connectivity index (χ0n) is 34.7. The number of hydrogen-bond acceptors (Lipinski definition) is 9. The van der Waals surface area contributed by atoms with Gasteiger partial charge in [0.25, 0.3) is 11.8 Å². The molecule has 6 amide bonds. The normalized spacial score (nSPS) is 19.7. The SMILES string of the molecule is CC(C)CC(NC(=O)[C@@H]1[C@@H]2[C@H](CN1C(=O)C(NC(=O)OC(C)(C)C)(NC(=O)OC(C)(C)C)C(C)(C)C)C2(C)C)C(=O)C(=O)NCC(=O)NCc1ccccc1. The van der Waals surface area contributed by atoms with E-state index in [9.17, 15) is 28.8 Å². The van der Waals surface area contributed by atoms with Crippen molar-refractivity contribution < 1.29 is 43.0 Å². The molecule has 306 valence electrons. The molecule has 1 saturated carbocycles. The number of rotatable bonds is 13. The molecule has 1 aliphatic heterocycles. The summed E-state index contributed by atoms with van der Waals surface area (Å²) >= 11 is 0. The van der Waals surface area contributed by atoms with E-state index in [0.717, 1.165) is 5.56 Å². The summed E-state index contributed by atoms with van der Waals surface area (Å²) in [5, 5.41) is 13.1. The third-order valence-corrected chi connectivity index (χ3v) is 9.87. The van der Waals surface area contributed by atoms with Crippen molar-refractivity contribution in [3.8, 4) is 0 Å². The highest BCUT2D eigenvalue weighted by Gasteiger charge is 2.71. The number of alkyl carbamates (subject to hydrolysis) is 2. The van der Waals surface area contributed by atoms with E-state index < -0.39 is 82.5 Å². The number of piperidine rings is 1. The molecular weight excluding hydrogens is 708 g/mol. The predicted molar refractivity (Wildman–Crippen MR) is 205 cm³/mol. The van der Waals surface area contributed by atoms with Crippen LogP contribution in [-0.4, -0.2) is 88.5 Å². The molecule has 1 aliphatic carbocycles. The molecule has 0 radical (unpaired) electrons. The number of carbonyl (C=O) groups excluding carboxylic acids is 7. The summed E-state index contributed by atoms with van der Waals surface area (Å²) in [5.74, 6) is -4.53. The van der Waals surface area contributed by atoms with Crippen molar-refractivity contribution in [1.29, 1.82) is 0 Å². The summed E-state index contributed by atoms with van der Waals surface area (Å²) in [6.45, 7) is 22.4. The zero-order chi connectivity index (χ0) is 41.9. The molecule has 15 nitrogen and oxygen atoms in total. The quantitative estimate of drug-likeness (QED) is 0.146. The maximum absolute atomic E-state index is 15.0. The van der Waals surface area contributed by atoms with E-state index in [-0.39, 0.29) is 42.7 Å². The molecule has 0 bridgehead atoms. The number of Topliss-reactive ketones (excluding diaryl/α,β-unsaturated/α-hetero) is 1. The van der Waals surface area contributed by atoms with E-state index >= 15 is 4.79 Å². The third-order valence-electron chi connectivity index (χ3n) is 9.87. The first-order chi connectivity index (χ1) is 25.1. The maximum Gasteiger partial charge on any atom is 0.409 e. The van der Waals surface area contributed by atoms with E-state index in [1.807, 2.05) is 58.0 Å². The van der Waals surface area contributed by atoms with Crippen LogP contribution in [0.25, 0.3) is 0 Å². The Morgan fingerprint density at radius 2 is 1.35 bits per heavy atom. The highest BCUT2D eigenvalue weighted by atomic mass is 16.6. The number of ketones is 1. The van der Waals surface area contributed by atoms with Gasteiger partial charge in [-0.05, 0) is 76.7 Å². The van der Waals surface area contributed by atoms with Crippen molar-refractivity contribution in [1.82, 2.24) is 31.5 Å². The van der Waals surface area contributed by atoms with E-state index in [1.54, 1.807) is 62.3 Å². The number of carbonyl (C=O) groups is 7. The van der Waals surface area contributed by atoms with Gasteiger partial charge in [-0.2, -0.15) is 0 Å². The molecule has 3 rings (SSSR count). The lowest BCUT2D eigenvalue weighted by molar-refractivity contribution is -0.152. The average Bonchev–Trinajstić information content (AvgIpc) is 3.34. The van der Waals surface area contributed by atoms with Gasteiger partial charge in [-0.15, -0.1) is 0 Å². The zero-order valence-corrected chi connectivity index (χ0v) is 34.7. The van der Waals surface area contributed by atoms with Gasteiger partial charge in [0.2, 0.25) is 23.3 Å². The van der Waals surface area contributed by atoms with Gasteiger partial charge in [0.05, 0.1) is 12.6 Å². The summed E-state index contributed by atoms with van der Waals surface area (Å²) < 4.78 is 11.1. The minimum atomic E-state index is -2.18. The Hall–Kier alpha value is -4.69. The van der Waals surface area contributed by atoms with E-state index in [0.29, 0.717) is 0 Å². The summed E-state index contributed by atoms with van der Waals surface area (Å²) in [6.07, 6.45) is -1.87. The van der Waals surface area contributed by atoms with Gasteiger partial charge in [-0.3, -0.25) is 34.6 Å². The van der Waals surface area contributed by atoms with Gasteiger partial charge in [0.15, 0.2) is 0 Å². The van der Waals surface area contributed by atoms with E-state index in [4.69, 9.17) is 9.47 Å². The lowest BCUT2D eigenvalue weighted by Gasteiger charge is -2.47. The topological polar surface area (TPSA) is 201 Å². The van der Waals surface area contributed by atoms with Gasteiger partial charge in [0.1, 0.15) is 17.2 Å². The highest BCUT2D eigenvalue weighted by Crippen LogP contribution is 2.65. The Labute approximate surface area is 325 Å². The summed E-state index contributed by atoms with van der Waals surface area (Å²) in [7, 11) is 0. The molecule has 15 heteroatoms. The third kappa shape index (κ3) is 11.4. The van der Waals surface area contributed by atoms with E-state index in [2.05, 4.69) is 26.6 Å². The smallest absolute Gasteiger partial charge is 0.409 e. The van der Waals surface area contributed by atoms with Crippen molar-refractivity contribution in [2.24, 2.45) is 28.6 Å². The van der Waals surface area contributed by atoms with Gasteiger partial charge >= 0.3 is 12.2 Å². The van der Waals surface area contributed by atoms with Gasteiger partial charge in [-0.1, -0.05) is 78.8 Å². The van der Waals surface area contributed by atoms with Gasteiger partial charge in [0, 0.05) is 18.5 Å². The van der Waals surface area contributed by atoms with Crippen LogP contribution in [0.15, 0.2) is 30.3 Å². The molecule has 0 aromatic heterocycles. The molecule has 1 unspecified atom stereocenters. The maximum atomic E-state index is 15.0. The first-order valence-corrected chi connectivity index (χ1v) is 18.9. The molecular formula is C40H62N6O9. The van der Waals surface area contributed by atoms with Crippen LogP contribution in [-0.2, 0) is 40.0 Å². The molecule has 1 saturated heterocycles. The number of benzene rings is 1. The van der Waals surface area contributed by atoms with Crippen LogP contribution in [0.4, 0.5) is 9.59 Å².